The zero-order valence-electron chi connectivity index (χ0n) is 8.67. The third-order valence-corrected chi connectivity index (χ3v) is 2.77. The van der Waals surface area contributed by atoms with Gasteiger partial charge in [-0.1, -0.05) is 17.8 Å². The second-order valence-corrected chi connectivity index (χ2v) is 4.12. The van der Waals surface area contributed by atoms with Gasteiger partial charge in [-0.15, -0.1) is 10.2 Å². The van der Waals surface area contributed by atoms with Crippen LogP contribution in [-0.2, 0) is 0 Å². The van der Waals surface area contributed by atoms with Crippen LogP contribution in [0.15, 0.2) is 34.0 Å². The molecule has 16 heavy (non-hydrogen) atoms. The molecule has 0 aromatic carbocycles. The van der Waals surface area contributed by atoms with Crippen molar-refractivity contribution < 1.29 is 4.42 Å². The van der Waals surface area contributed by atoms with Crippen LogP contribution in [0, 0.1) is 0 Å². The summed E-state index contributed by atoms with van der Waals surface area (Å²) < 4.78 is 5.45. The van der Waals surface area contributed by atoms with Crippen LogP contribution in [-0.4, -0.2) is 27.5 Å². The lowest BCUT2D eigenvalue weighted by molar-refractivity contribution is 0.464. The second kappa shape index (κ2) is 5.62. The first-order valence-electron chi connectivity index (χ1n) is 4.98. The molecule has 0 radical (unpaired) electrons. The summed E-state index contributed by atoms with van der Waals surface area (Å²) in [4.78, 5) is 4.13. The molecule has 2 rings (SSSR count). The fourth-order valence-corrected chi connectivity index (χ4v) is 1.83. The molecular formula is C10H12N4OS. The van der Waals surface area contributed by atoms with Crippen LogP contribution in [0.4, 0.5) is 0 Å². The maximum atomic E-state index is 5.45. The van der Waals surface area contributed by atoms with E-state index in [1.807, 2.05) is 18.2 Å². The fraction of sp³-hybridized carbons (Fsp3) is 0.300. The number of hydrogen-bond donors (Lipinski definition) is 1. The molecule has 0 aliphatic rings. The largest absolute Gasteiger partial charge is 0.410 e. The summed E-state index contributed by atoms with van der Waals surface area (Å²) >= 11 is 1.51. The van der Waals surface area contributed by atoms with Gasteiger partial charge in [0.05, 0.1) is 0 Å². The number of thioether (sulfide) groups is 1. The van der Waals surface area contributed by atoms with Gasteiger partial charge in [0.1, 0.15) is 5.69 Å². The highest BCUT2D eigenvalue weighted by Gasteiger charge is 2.08. The van der Waals surface area contributed by atoms with Crippen molar-refractivity contribution in [1.29, 1.82) is 0 Å². The number of hydrogen-bond acceptors (Lipinski definition) is 6. The quantitative estimate of drug-likeness (QED) is 0.627. The van der Waals surface area contributed by atoms with E-state index in [9.17, 15) is 0 Å². The van der Waals surface area contributed by atoms with Crippen molar-refractivity contribution in [2.75, 3.05) is 12.3 Å². The van der Waals surface area contributed by atoms with Gasteiger partial charge in [-0.2, -0.15) is 0 Å². The van der Waals surface area contributed by atoms with Gasteiger partial charge in [0.15, 0.2) is 0 Å². The van der Waals surface area contributed by atoms with E-state index < -0.39 is 0 Å². The standard InChI is InChI=1S/C10H12N4OS/c11-5-3-7-16-10-14-13-9(15-10)8-4-1-2-6-12-8/h1-2,4,6H,3,5,7,11H2. The summed E-state index contributed by atoms with van der Waals surface area (Å²) in [5, 5.41) is 8.43. The van der Waals surface area contributed by atoms with E-state index >= 15 is 0 Å². The Morgan fingerprint density at radius 1 is 1.31 bits per heavy atom. The van der Waals surface area contributed by atoms with Gasteiger partial charge >= 0.3 is 0 Å². The van der Waals surface area contributed by atoms with Gasteiger partial charge in [0.2, 0.25) is 0 Å². The molecule has 0 saturated heterocycles. The van der Waals surface area contributed by atoms with Crippen molar-refractivity contribution >= 4 is 11.8 Å². The summed E-state index contributed by atoms with van der Waals surface area (Å²) in [7, 11) is 0. The maximum absolute atomic E-state index is 5.45. The van der Waals surface area contributed by atoms with Gasteiger partial charge in [-0.25, -0.2) is 0 Å². The fourth-order valence-electron chi connectivity index (χ4n) is 1.10. The molecule has 2 N–H and O–H groups in total. The van der Waals surface area contributed by atoms with E-state index in [2.05, 4.69) is 15.2 Å². The molecule has 0 saturated carbocycles. The van der Waals surface area contributed by atoms with Crippen molar-refractivity contribution in [1.82, 2.24) is 15.2 Å². The lowest BCUT2D eigenvalue weighted by Crippen LogP contribution is -1.99. The number of rotatable bonds is 5. The molecule has 84 valence electrons. The van der Waals surface area contributed by atoms with E-state index in [1.165, 1.54) is 11.8 Å². The monoisotopic (exact) mass is 236 g/mol. The molecule has 0 spiro atoms. The Balaban J connectivity index is 2.02. The summed E-state index contributed by atoms with van der Waals surface area (Å²) in [6.07, 6.45) is 2.63. The average Bonchev–Trinajstić information content (AvgIpc) is 2.79. The van der Waals surface area contributed by atoms with Crippen LogP contribution in [0.1, 0.15) is 6.42 Å². The van der Waals surface area contributed by atoms with Crippen molar-refractivity contribution in [3.05, 3.63) is 24.4 Å². The SMILES string of the molecule is NCCCSc1nnc(-c2ccccn2)o1. The molecule has 6 heteroatoms. The minimum atomic E-state index is 0.454. The van der Waals surface area contributed by atoms with Crippen molar-refractivity contribution in [3.63, 3.8) is 0 Å². The average molecular weight is 236 g/mol. The molecule has 0 atom stereocenters. The molecule has 2 aromatic heterocycles. The van der Waals surface area contributed by atoms with Crippen LogP contribution < -0.4 is 5.73 Å². The minimum absolute atomic E-state index is 0.454. The second-order valence-electron chi connectivity index (χ2n) is 3.08. The number of nitrogens with zero attached hydrogens (tertiary/aromatic N) is 3. The summed E-state index contributed by atoms with van der Waals surface area (Å²) in [5.74, 6) is 1.34. The van der Waals surface area contributed by atoms with Crippen LogP contribution in [0.5, 0.6) is 0 Å². The lowest BCUT2D eigenvalue weighted by atomic mass is 10.3. The summed E-state index contributed by atoms with van der Waals surface area (Å²) in [5.41, 5.74) is 6.09. The molecule has 5 nitrogen and oxygen atoms in total. The van der Waals surface area contributed by atoms with Crippen molar-refractivity contribution in [3.8, 4) is 11.6 Å². The molecule has 2 heterocycles. The third-order valence-electron chi connectivity index (χ3n) is 1.86. The molecule has 0 amide bonds. The molecule has 2 aromatic rings. The molecule has 0 aliphatic carbocycles. The van der Waals surface area contributed by atoms with Crippen LogP contribution in [0.3, 0.4) is 0 Å². The Hall–Kier alpha value is -1.40. The highest BCUT2D eigenvalue weighted by Crippen LogP contribution is 2.21. The van der Waals surface area contributed by atoms with E-state index in [-0.39, 0.29) is 0 Å². The summed E-state index contributed by atoms with van der Waals surface area (Å²) in [6.45, 7) is 0.675. The van der Waals surface area contributed by atoms with Gasteiger partial charge in [-0.3, -0.25) is 4.98 Å². The molecule has 0 fully saturated rings. The van der Waals surface area contributed by atoms with Gasteiger partial charge in [0, 0.05) is 11.9 Å². The zero-order chi connectivity index (χ0) is 11.2. The van der Waals surface area contributed by atoms with Crippen molar-refractivity contribution in [2.24, 2.45) is 5.73 Å². The zero-order valence-corrected chi connectivity index (χ0v) is 9.48. The Morgan fingerprint density at radius 3 is 3.00 bits per heavy atom. The highest BCUT2D eigenvalue weighted by atomic mass is 32.2. The first-order chi connectivity index (χ1) is 7.90. The van der Waals surface area contributed by atoms with Gasteiger partial charge < -0.3 is 10.2 Å². The lowest BCUT2D eigenvalue weighted by Gasteiger charge is -1.93. The van der Waals surface area contributed by atoms with Crippen LogP contribution in [0.2, 0.25) is 0 Å². The Morgan fingerprint density at radius 2 is 2.25 bits per heavy atom. The maximum Gasteiger partial charge on any atom is 0.276 e. The molecular weight excluding hydrogens is 224 g/mol. The van der Waals surface area contributed by atoms with Gasteiger partial charge in [0.25, 0.3) is 11.1 Å². The van der Waals surface area contributed by atoms with Crippen molar-refractivity contribution in [2.45, 2.75) is 11.6 Å². The smallest absolute Gasteiger partial charge is 0.276 e. The topological polar surface area (TPSA) is 77.8 Å². The molecule has 0 bridgehead atoms. The van der Waals surface area contributed by atoms with Gasteiger partial charge in [-0.05, 0) is 25.1 Å². The van der Waals surface area contributed by atoms with Crippen LogP contribution in [0.25, 0.3) is 11.6 Å². The predicted molar refractivity (Wildman–Crippen MR) is 61.9 cm³/mol. The van der Waals surface area contributed by atoms with E-state index in [0.29, 0.717) is 23.4 Å². The first kappa shape index (κ1) is 11.1. The van der Waals surface area contributed by atoms with E-state index in [1.54, 1.807) is 6.20 Å². The van der Waals surface area contributed by atoms with Crippen LogP contribution >= 0.6 is 11.8 Å². The molecule has 0 unspecified atom stereocenters. The Kier molecular flexibility index (Phi) is 3.90. The normalized spacial score (nSPS) is 10.6. The first-order valence-corrected chi connectivity index (χ1v) is 5.96. The third kappa shape index (κ3) is 2.80. The minimum Gasteiger partial charge on any atom is -0.410 e. The highest BCUT2D eigenvalue weighted by molar-refractivity contribution is 7.99. The number of nitrogens with two attached hydrogens (primary N) is 1. The Bertz CT molecular complexity index is 431. The van der Waals surface area contributed by atoms with E-state index in [0.717, 1.165) is 12.2 Å². The van der Waals surface area contributed by atoms with E-state index in [4.69, 9.17) is 10.2 Å². The number of pyridine rings is 1. The Labute approximate surface area is 97.5 Å². The molecule has 0 aliphatic heterocycles. The summed E-state index contributed by atoms with van der Waals surface area (Å²) in [6, 6.07) is 5.56. The number of aromatic nitrogens is 3. The predicted octanol–water partition coefficient (Wildman–Crippen LogP) is 1.57.